The van der Waals surface area contributed by atoms with Crippen LogP contribution in [0.1, 0.15) is 30.4 Å². The molecule has 1 heterocycles. The fourth-order valence-electron chi connectivity index (χ4n) is 2.27. The summed E-state index contributed by atoms with van der Waals surface area (Å²) < 4.78 is 10.4. The Labute approximate surface area is 117 Å². The van der Waals surface area contributed by atoms with Crippen molar-refractivity contribution in [3.63, 3.8) is 0 Å². The van der Waals surface area contributed by atoms with Crippen molar-refractivity contribution in [2.24, 2.45) is 5.73 Å². The van der Waals surface area contributed by atoms with Crippen LogP contribution in [0.5, 0.6) is 5.75 Å². The van der Waals surface area contributed by atoms with Crippen LogP contribution in [0.15, 0.2) is 29.7 Å². The number of esters is 1. The smallest absolute Gasteiger partial charge is 0.306 e. The summed E-state index contributed by atoms with van der Waals surface area (Å²) in [5.41, 5.74) is 7.86. The second-order valence-electron chi connectivity index (χ2n) is 4.59. The Hall–Kier alpha value is -2.48. The van der Waals surface area contributed by atoms with Crippen molar-refractivity contribution in [1.29, 1.82) is 5.26 Å². The van der Waals surface area contributed by atoms with Gasteiger partial charge in [0.05, 0.1) is 18.6 Å². The van der Waals surface area contributed by atoms with E-state index in [1.807, 2.05) is 25.1 Å². The highest BCUT2D eigenvalue weighted by molar-refractivity contribution is 5.72. The highest BCUT2D eigenvalue weighted by Crippen LogP contribution is 2.40. The third-order valence-electron chi connectivity index (χ3n) is 3.17. The number of aryl methyl sites for hydroxylation is 1. The largest absolute Gasteiger partial charge is 0.466 e. The van der Waals surface area contributed by atoms with Gasteiger partial charge in [-0.1, -0.05) is 17.7 Å². The van der Waals surface area contributed by atoms with Gasteiger partial charge < -0.3 is 15.2 Å². The minimum atomic E-state index is -0.414. The van der Waals surface area contributed by atoms with E-state index in [9.17, 15) is 10.1 Å². The van der Waals surface area contributed by atoms with E-state index in [0.717, 1.165) is 11.1 Å². The molecule has 2 rings (SSSR count). The van der Waals surface area contributed by atoms with Gasteiger partial charge in [-0.15, -0.1) is 0 Å². The Balaban J connectivity index is 2.43. The lowest BCUT2D eigenvalue weighted by Crippen LogP contribution is -2.22. The maximum Gasteiger partial charge on any atom is 0.306 e. The molecular weight excluding hydrogens is 256 g/mol. The molecule has 0 saturated carbocycles. The predicted molar refractivity (Wildman–Crippen MR) is 72.6 cm³/mol. The molecule has 104 valence electrons. The summed E-state index contributed by atoms with van der Waals surface area (Å²) >= 11 is 0. The number of hydrogen-bond acceptors (Lipinski definition) is 5. The van der Waals surface area contributed by atoms with Crippen molar-refractivity contribution >= 4 is 5.97 Å². The molecule has 1 aliphatic heterocycles. The fraction of sp³-hybridized carbons (Fsp3) is 0.333. The van der Waals surface area contributed by atoms with Crippen molar-refractivity contribution in [1.82, 2.24) is 0 Å². The van der Waals surface area contributed by atoms with Crippen LogP contribution in [-0.2, 0) is 9.53 Å². The molecule has 5 heteroatoms. The number of rotatable bonds is 3. The minimum Gasteiger partial charge on any atom is -0.466 e. The summed E-state index contributed by atoms with van der Waals surface area (Å²) in [5.74, 6) is -0.130. The number of fused-ring (bicyclic) bond motifs is 1. The van der Waals surface area contributed by atoms with Gasteiger partial charge in [0.25, 0.3) is 0 Å². The average molecular weight is 272 g/mol. The summed E-state index contributed by atoms with van der Waals surface area (Å²) in [4.78, 5) is 11.7. The van der Waals surface area contributed by atoms with Crippen molar-refractivity contribution in [3.05, 3.63) is 40.8 Å². The maximum absolute atomic E-state index is 11.7. The van der Waals surface area contributed by atoms with Crippen LogP contribution in [0.2, 0.25) is 0 Å². The van der Waals surface area contributed by atoms with Gasteiger partial charge in [-0.05, 0) is 19.9 Å². The molecule has 0 saturated heterocycles. The molecule has 0 fully saturated rings. The molecule has 0 amide bonds. The topological polar surface area (TPSA) is 85.3 Å². The van der Waals surface area contributed by atoms with Gasteiger partial charge >= 0.3 is 5.97 Å². The molecule has 1 atom stereocenters. The molecular formula is C15H16N2O3. The Bertz CT molecular complexity index is 614. The highest BCUT2D eigenvalue weighted by Gasteiger charge is 2.31. The predicted octanol–water partition coefficient (Wildman–Crippen LogP) is 2.12. The third kappa shape index (κ3) is 2.59. The highest BCUT2D eigenvalue weighted by atomic mass is 16.5. The molecule has 1 aromatic carbocycles. The third-order valence-corrected chi connectivity index (χ3v) is 3.17. The number of nitriles is 1. The van der Waals surface area contributed by atoms with Crippen molar-refractivity contribution < 1.29 is 14.3 Å². The molecule has 1 aromatic rings. The van der Waals surface area contributed by atoms with E-state index in [0.29, 0.717) is 12.4 Å². The lowest BCUT2D eigenvalue weighted by atomic mass is 9.86. The van der Waals surface area contributed by atoms with Gasteiger partial charge in [0.15, 0.2) is 0 Å². The van der Waals surface area contributed by atoms with E-state index in [1.54, 1.807) is 13.0 Å². The molecule has 0 aliphatic carbocycles. The number of carbonyl (C=O) groups excluding carboxylic acids is 1. The second-order valence-corrected chi connectivity index (χ2v) is 4.59. The Morgan fingerprint density at radius 2 is 2.30 bits per heavy atom. The van der Waals surface area contributed by atoms with Crippen LogP contribution in [0, 0.1) is 18.3 Å². The zero-order valence-electron chi connectivity index (χ0n) is 11.5. The average Bonchev–Trinajstić information content (AvgIpc) is 2.40. The molecule has 20 heavy (non-hydrogen) atoms. The van der Waals surface area contributed by atoms with Gasteiger partial charge in [-0.2, -0.15) is 5.26 Å². The van der Waals surface area contributed by atoms with Crippen LogP contribution < -0.4 is 10.5 Å². The second kappa shape index (κ2) is 5.66. The SMILES string of the molecule is CCOC(=O)CC1C(C#N)=C(N)Oc2ccc(C)cc21. The maximum atomic E-state index is 11.7. The van der Waals surface area contributed by atoms with Crippen LogP contribution in [0.3, 0.4) is 0 Å². The number of allylic oxidation sites excluding steroid dienone is 1. The first-order chi connectivity index (χ1) is 9.56. The first kappa shape index (κ1) is 13.9. The first-order valence-corrected chi connectivity index (χ1v) is 6.40. The molecule has 1 aliphatic rings. The zero-order valence-corrected chi connectivity index (χ0v) is 11.5. The van der Waals surface area contributed by atoms with Gasteiger partial charge in [0, 0.05) is 11.5 Å². The standard InChI is InChI=1S/C15H16N2O3/c1-3-19-14(18)7-10-11-6-9(2)4-5-13(11)20-15(17)12(10)8-16/h4-6,10H,3,7,17H2,1-2H3. The number of benzene rings is 1. The summed E-state index contributed by atoms with van der Waals surface area (Å²) in [5, 5.41) is 9.25. The minimum absolute atomic E-state index is 0.0538. The fourth-order valence-corrected chi connectivity index (χ4v) is 2.27. The molecule has 5 nitrogen and oxygen atoms in total. The van der Waals surface area contributed by atoms with E-state index < -0.39 is 5.92 Å². The molecule has 0 spiro atoms. The van der Waals surface area contributed by atoms with Crippen LogP contribution in [0.25, 0.3) is 0 Å². The van der Waals surface area contributed by atoms with Crippen molar-refractivity contribution in [2.45, 2.75) is 26.2 Å². The van der Waals surface area contributed by atoms with Crippen molar-refractivity contribution in [3.8, 4) is 11.8 Å². The number of nitrogens with zero attached hydrogens (tertiary/aromatic N) is 1. The van der Waals surface area contributed by atoms with Gasteiger partial charge in [0.2, 0.25) is 5.88 Å². The number of nitrogens with two attached hydrogens (primary N) is 1. The van der Waals surface area contributed by atoms with Gasteiger partial charge in [-0.3, -0.25) is 4.79 Å². The quantitative estimate of drug-likeness (QED) is 0.852. The lowest BCUT2D eigenvalue weighted by Gasteiger charge is -2.25. The van der Waals surface area contributed by atoms with E-state index in [-0.39, 0.29) is 23.8 Å². The zero-order chi connectivity index (χ0) is 14.7. The molecule has 0 bridgehead atoms. The van der Waals surface area contributed by atoms with Crippen molar-refractivity contribution in [2.75, 3.05) is 6.61 Å². The number of carbonyl (C=O) groups is 1. The van der Waals surface area contributed by atoms with E-state index in [1.165, 1.54) is 0 Å². The number of hydrogen-bond donors (Lipinski definition) is 1. The summed E-state index contributed by atoms with van der Waals surface area (Å²) in [7, 11) is 0. The summed E-state index contributed by atoms with van der Waals surface area (Å²) in [6, 6.07) is 7.63. The van der Waals surface area contributed by atoms with E-state index >= 15 is 0 Å². The first-order valence-electron chi connectivity index (χ1n) is 6.40. The molecule has 0 radical (unpaired) electrons. The molecule has 2 N–H and O–H groups in total. The Morgan fingerprint density at radius 1 is 1.55 bits per heavy atom. The normalized spacial score (nSPS) is 16.9. The van der Waals surface area contributed by atoms with Gasteiger partial charge in [0.1, 0.15) is 11.8 Å². The van der Waals surface area contributed by atoms with Crippen LogP contribution in [0.4, 0.5) is 0 Å². The monoisotopic (exact) mass is 272 g/mol. The Morgan fingerprint density at radius 3 is 2.95 bits per heavy atom. The molecule has 0 aromatic heterocycles. The van der Waals surface area contributed by atoms with E-state index in [4.69, 9.17) is 15.2 Å². The van der Waals surface area contributed by atoms with E-state index in [2.05, 4.69) is 0 Å². The van der Waals surface area contributed by atoms with Crippen LogP contribution in [-0.4, -0.2) is 12.6 Å². The molecule has 1 unspecified atom stereocenters. The lowest BCUT2D eigenvalue weighted by molar-refractivity contribution is -0.143. The Kier molecular flexibility index (Phi) is 3.94. The summed E-state index contributed by atoms with van der Waals surface area (Å²) in [6.45, 7) is 3.99. The van der Waals surface area contributed by atoms with Crippen LogP contribution >= 0.6 is 0 Å². The van der Waals surface area contributed by atoms with Gasteiger partial charge in [-0.25, -0.2) is 0 Å². The number of ether oxygens (including phenoxy) is 2. The summed E-state index contributed by atoms with van der Waals surface area (Å²) in [6.07, 6.45) is 0.0806.